The number of aromatic nitrogens is 1. The molecule has 2 aromatic carbocycles. The smallest absolute Gasteiger partial charge is 0.338 e. The van der Waals surface area contributed by atoms with Gasteiger partial charge < -0.3 is 19.5 Å². The van der Waals surface area contributed by atoms with Gasteiger partial charge in [0, 0.05) is 18.3 Å². The van der Waals surface area contributed by atoms with Gasteiger partial charge in [-0.15, -0.1) is 0 Å². The minimum absolute atomic E-state index is 0.0305. The maximum atomic E-state index is 13.3. The van der Waals surface area contributed by atoms with Gasteiger partial charge in [-0.2, -0.15) is 0 Å². The van der Waals surface area contributed by atoms with Crippen LogP contribution in [0.4, 0.5) is 0 Å². The van der Waals surface area contributed by atoms with Crippen LogP contribution in [0.15, 0.2) is 72.4 Å². The molecule has 0 spiro atoms. The van der Waals surface area contributed by atoms with E-state index in [9.17, 15) is 19.5 Å². The Hall–Kier alpha value is -4.46. The lowest BCUT2D eigenvalue weighted by atomic mass is 9.97. The number of rotatable bonds is 9. The van der Waals surface area contributed by atoms with Crippen LogP contribution in [0.1, 0.15) is 59.6 Å². The highest BCUT2D eigenvalue weighted by Crippen LogP contribution is 2.40. The Morgan fingerprint density at radius 3 is 2.38 bits per heavy atom. The van der Waals surface area contributed by atoms with Gasteiger partial charge in [-0.1, -0.05) is 32.0 Å². The second-order valence-corrected chi connectivity index (χ2v) is 9.78. The number of aliphatic hydroxyl groups excluding tert-OH is 1. The summed E-state index contributed by atoms with van der Waals surface area (Å²) < 4.78 is 10.9. The lowest BCUT2D eigenvalue weighted by molar-refractivity contribution is -0.140. The zero-order valence-electron chi connectivity index (χ0n) is 22.5. The molecule has 1 aromatic heterocycles. The Morgan fingerprint density at radius 1 is 1.05 bits per heavy atom. The summed E-state index contributed by atoms with van der Waals surface area (Å²) in [4.78, 5) is 44.4. The highest BCUT2D eigenvalue weighted by molar-refractivity contribution is 6.46. The van der Waals surface area contributed by atoms with Crippen molar-refractivity contribution in [2.75, 3.05) is 13.2 Å². The van der Waals surface area contributed by atoms with Gasteiger partial charge in [0.2, 0.25) is 0 Å². The first-order chi connectivity index (χ1) is 18.7. The Labute approximate surface area is 227 Å². The molecule has 1 saturated heterocycles. The SMILES string of the molecule is CCOC(=O)c1ccc(CN2C(=O)C(=O)/C(=C(\O)c3ccc(OCC(C)C)c(C)c3)C2c2ccccn2)cc1. The summed E-state index contributed by atoms with van der Waals surface area (Å²) in [5.41, 5.74) is 2.72. The molecule has 39 heavy (non-hydrogen) atoms. The molecule has 1 aliphatic heterocycles. The molecule has 2 heterocycles. The maximum Gasteiger partial charge on any atom is 0.338 e. The number of Topliss-reactive ketones (excluding diaryl/α,β-unsaturated/α-hetero) is 1. The van der Waals surface area contributed by atoms with E-state index < -0.39 is 23.7 Å². The molecule has 1 N–H and O–H groups in total. The summed E-state index contributed by atoms with van der Waals surface area (Å²) >= 11 is 0. The number of ether oxygens (including phenoxy) is 2. The maximum absolute atomic E-state index is 13.3. The molecule has 0 bridgehead atoms. The molecular weight excluding hydrogens is 496 g/mol. The Balaban J connectivity index is 1.71. The van der Waals surface area contributed by atoms with E-state index in [0.29, 0.717) is 40.7 Å². The number of likely N-dealkylation sites (tertiary alicyclic amines) is 1. The van der Waals surface area contributed by atoms with Crippen molar-refractivity contribution in [2.45, 2.75) is 40.3 Å². The number of esters is 1. The summed E-state index contributed by atoms with van der Waals surface area (Å²) in [6, 6.07) is 16.1. The molecule has 202 valence electrons. The summed E-state index contributed by atoms with van der Waals surface area (Å²) in [7, 11) is 0. The van der Waals surface area contributed by atoms with Gasteiger partial charge in [0.25, 0.3) is 11.7 Å². The van der Waals surface area contributed by atoms with Gasteiger partial charge >= 0.3 is 5.97 Å². The lowest BCUT2D eigenvalue weighted by Gasteiger charge is -2.24. The average Bonchev–Trinajstić information content (AvgIpc) is 3.17. The quantitative estimate of drug-likeness (QED) is 0.176. The number of ketones is 1. The molecular formula is C31H32N2O6. The predicted molar refractivity (Wildman–Crippen MR) is 146 cm³/mol. The van der Waals surface area contributed by atoms with Gasteiger partial charge in [0.05, 0.1) is 30.0 Å². The number of carbonyl (C=O) groups is 3. The first-order valence-electron chi connectivity index (χ1n) is 12.9. The van der Waals surface area contributed by atoms with Crippen molar-refractivity contribution in [1.82, 2.24) is 9.88 Å². The van der Waals surface area contributed by atoms with Crippen LogP contribution in [-0.4, -0.2) is 45.9 Å². The van der Waals surface area contributed by atoms with Crippen molar-refractivity contribution in [3.8, 4) is 5.75 Å². The number of nitrogens with zero attached hydrogens (tertiary/aromatic N) is 2. The molecule has 1 fully saturated rings. The van der Waals surface area contributed by atoms with Crippen molar-refractivity contribution < 1.29 is 29.0 Å². The summed E-state index contributed by atoms with van der Waals surface area (Å²) in [5, 5.41) is 11.4. The number of pyridine rings is 1. The number of hydrogen-bond acceptors (Lipinski definition) is 7. The molecule has 0 saturated carbocycles. The van der Waals surface area contributed by atoms with Gasteiger partial charge in [0.15, 0.2) is 0 Å². The van der Waals surface area contributed by atoms with Crippen molar-refractivity contribution in [3.05, 3.63) is 100 Å². The van der Waals surface area contributed by atoms with Crippen LogP contribution < -0.4 is 4.74 Å². The monoisotopic (exact) mass is 528 g/mol. The van der Waals surface area contributed by atoms with E-state index in [1.807, 2.05) is 6.92 Å². The molecule has 1 amide bonds. The fourth-order valence-corrected chi connectivity index (χ4v) is 4.42. The number of carbonyl (C=O) groups excluding carboxylic acids is 3. The van der Waals surface area contributed by atoms with E-state index >= 15 is 0 Å². The van der Waals surface area contributed by atoms with Crippen molar-refractivity contribution >= 4 is 23.4 Å². The van der Waals surface area contributed by atoms with E-state index in [1.54, 1.807) is 73.8 Å². The number of amides is 1. The molecule has 1 atom stereocenters. The number of benzene rings is 2. The van der Waals surface area contributed by atoms with Gasteiger partial charge in [0.1, 0.15) is 17.6 Å². The molecule has 8 heteroatoms. The van der Waals surface area contributed by atoms with E-state index in [2.05, 4.69) is 18.8 Å². The topological polar surface area (TPSA) is 106 Å². The third-order valence-electron chi connectivity index (χ3n) is 6.35. The van der Waals surface area contributed by atoms with Crippen LogP contribution in [0.2, 0.25) is 0 Å². The summed E-state index contributed by atoms with van der Waals surface area (Å²) in [5.74, 6) is -1.20. The Morgan fingerprint density at radius 2 is 1.77 bits per heavy atom. The van der Waals surface area contributed by atoms with Crippen LogP contribution in [-0.2, 0) is 20.9 Å². The molecule has 8 nitrogen and oxygen atoms in total. The van der Waals surface area contributed by atoms with Crippen LogP contribution in [0.3, 0.4) is 0 Å². The number of aliphatic hydroxyl groups is 1. The predicted octanol–water partition coefficient (Wildman–Crippen LogP) is 5.22. The highest BCUT2D eigenvalue weighted by Gasteiger charge is 2.46. The minimum atomic E-state index is -0.895. The molecule has 0 radical (unpaired) electrons. The normalized spacial score (nSPS) is 16.5. The first-order valence-corrected chi connectivity index (χ1v) is 12.9. The van der Waals surface area contributed by atoms with E-state index in [0.717, 1.165) is 5.56 Å². The van der Waals surface area contributed by atoms with Gasteiger partial charge in [-0.3, -0.25) is 14.6 Å². The van der Waals surface area contributed by atoms with Crippen molar-refractivity contribution in [3.63, 3.8) is 0 Å². The second kappa shape index (κ2) is 11.9. The van der Waals surface area contributed by atoms with E-state index in [-0.39, 0.29) is 24.5 Å². The molecule has 0 aliphatic carbocycles. The van der Waals surface area contributed by atoms with Crippen LogP contribution in [0.5, 0.6) is 5.75 Å². The molecule has 4 rings (SSSR count). The van der Waals surface area contributed by atoms with Gasteiger partial charge in [-0.25, -0.2) is 4.79 Å². The zero-order valence-corrected chi connectivity index (χ0v) is 22.5. The molecule has 1 aliphatic rings. The number of hydrogen-bond donors (Lipinski definition) is 1. The Bertz CT molecular complexity index is 1400. The molecule has 3 aromatic rings. The van der Waals surface area contributed by atoms with Crippen LogP contribution in [0, 0.1) is 12.8 Å². The fraction of sp³-hybridized carbons (Fsp3) is 0.290. The van der Waals surface area contributed by atoms with Crippen LogP contribution >= 0.6 is 0 Å². The van der Waals surface area contributed by atoms with Crippen molar-refractivity contribution in [1.29, 1.82) is 0 Å². The van der Waals surface area contributed by atoms with Gasteiger partial charge in [-0.05, 0) is 73.4 Å². The largest absolute Gasteiger partial charge is 0.507 e. The first kappa shape index (κ1) is 27.6. The van der Waals surface area contributed by atoms with Crippen molar-refractivity contribution in [2.24, 2.45) is 5.92 Å². The standard InChI is InChI=1S/C31H32N2O6/c1-5-38-31(37)22-11-9-21(10-12-22)17-33-27(24-8-6-7-15-32-24)26(29(35)30(33)36)28(34)23-13-14-25(20(4)16-23)39-18-19(2)3/h6-16,19,27,34H,5,17-18H2,1-4H3/b28-26-. The third-order valence-corrected chi connectivity index (χ3v) is 6.35. The fourth-order valence-electron chi connectivity index (χ4n) is 4.42. The third kappa shape index (κ3) is 6.00. The van der Waals surface area contributed by atoms with E-state index in [1.165, 1.54) is 4.90 Å². The summed E-state index contributed by atoms with van der Waals surface area (Å²) in [6.45, 7) is 8.60. The lowest BCUT2D eigenvalue weighted by Crippen LogP contribution is -2.29. The zero-order chi connectivity index (χ0) is 28.1. The summed E-state index contributed by atoms with van der Waals surface area (Å²) in [6.07, 6.45) is 1.58. The van der Waals surface area contributed by atoms with Crippen LogP contribution in [0.25, 0.3) is 5.76 Å². The van der Waals surface area contributed by atoms with E-state index in [4.69, 9.17) is 9.47 Å². The Kier molecular flexibility index (Phi) is 8.44. The average molecular weight is 529 g/mol. The molecule has 1 unspecified atom stereocenters. The second-order valence-electron chi connectivity index (χ2n) is 9.78. The highest BCUT2D eigenvalue weighted by atomic mass is 16.5. The number of aryl methyl sites for hydroxylation is 1. The minimum Gasteiger partial charge on any atom is -0.507 e.